The Labute approximate surface area is 275 Å². The molecule has 0 aromatic heterocycles. The molecule has 1 amide bonds. The predicted octanol–water partition coefficient (Wildman–Crippen LogP) is 6.71. The molecular weight excluding hydrogens is 665 g/mol. The van der Waals surface area contributed by atoms with Gasteiger partial charge in [0.05, 0.1) is 39.6 Å². The Hall–Kier alpha value is -3.70. The van der Waals surface area contributed by atoms with Gasteiger partial charge in [-0.25, -0.2) is 17.2 Å². The zero-order valence-corrected chi connectivity index (χ0v) is 26.7. The van der Waals surface area contributed by atoms with Crippen molar-refractivity contribution >= 4 is 63.1 Å². The number of nitrogens with one attached hydrogen (secondary N) is 2. The van der Waals surface area contributed by atoms with Crippen LogP contribution in [0.15, 0.2) is 88.8 Å². The van der Waals surface area contributed by atoms with Crippen LogP contribution in [0.5, 0.6) is 0 Å². The fourth-order valence-corrected chi connectivity index (χ4v) is 7.61. The van der Waals surface area contributed by atoms with Crippen molar-refractivity contribution in [1.29, 1.82) is 0 Å². The highest BCUT2D eigenvalue weighted by atomic mass is 35.5. The monoisotopic (exact) mass is 690 g/mol. The number of benzene rings is 4. The third kappa shape index (κ3) is 6.51. The van der Waals surface area contributed by atoms with Crippen molar-refractivity contribution in [1.82, 2.24) is 10.6 Å². The first kappa shape index (κ1) is 32.7. The van der Waals surface area contributed by atoms with E-state index in [2.05, 4.69) is 15.6 Å². The van der Waals surface area contributed by atoms with Gasteiger partial charge in [-0.1, -0.05) is 65.7 Å². The maximum absolute atomic E-state index is 15.3. The number of amides is 1. The second-order valence-corrected chi connectivity index (χ2v) is 13.0. The zero-order chi connectivity index (χ0) is 31.0. The fraction of sp³-hybridized carbons (Fsp3) is 0.188. The lowest BCUT2D eigenvalue weighted by molar-refractivity contribution is -0.121. The molecule has 2 heterocycles. The second-order valence-electron chi connectivity index (χ2n) is 10.4. The number of para-hydroxylation sites is 1. The molecule has 2 aliphatic heterocycles. The van der Waals surface area contributed by atoms with E-state index < -0.39 is 40.0 Å². The number of anilines is 1. The Bertz CT molecular complexity index is 1910. The summed E-state index contributed by atoms with van der Waals surface area (Å²) in [5, 5.41) is 6.24. The summed E-state index contributed by atoms with van der Waals surface area (Å²) in [5.74, 6) is -1.38. The summed E-state index contributed by atoms with van der Waals surface area (Å²) in [4.78, 5) is 17.6. The van der Waals surface area contributed by atoms with Gasteiger partial charge in [0.15, 0.2) is 0 Å². The lowest BCUT2D eigenvalue weighted by Gasteiger charge is -2.39. The Morgan fingerprint density at radius 3 is 2.47 bits per heavy atom. The maximum atomic E-state index is 15.3. The number of nitrogens with zero attached hydrogens (tertiary/aromatic N) is 2. The number of hydrogen-bond acceptors (Lipinski definition) is 5. The van der Waals surface area contributed by atoms with Crippen LogP contribution in [0.3, 0.4) is 0 Å². The van der Waals surface area contributed by atoms with E-state index in [-0.39, 0.29) is 56.3 Å². The minimum absolute atomic E-state index is 0. The summed E-state index contributed by atoms with van der Waals surface area (Å²) in [6, 6.07) is 18.6. The number of fused-ring (bicyclic) bond motifs is 3. The Morgan fingerprint density at radius 1 is 1.00 bits per heavy atom. The van der Waals surface area contributed by atoms with Crippen molar-refractivity contribution in [3.63, 3.8) is 0 Å². The van der Waals surface area contributed by atoms with Gasteiger partial charge in [-0.05, 0) is 47.9 Å². The number of amidine groups is 1. The van der Waals surface area contributed by atoms with Gasteiger partial charge in [0.1, 0.15) is 17.5 Å². The predicted molar refractivity (Wildman–Crippen MR) is 175 cm³/mol. The van der Waals surface area contributed by atoms with Gasteiger partial charge in [0.2, 0.25) is 5.91 Å². The fourth-order valence-electron chi connectivity index (χ4n) is 5.57. The van der Waals surface area contributed by atoms with Crippen LogP contribution in [-0.4, -0.2) is 39.8 Å². The zero-order valence-electron chi connectivity index (χ0n) is 23.6. The smallest absolute Gasteiger partial charge is 0.264 e. The SMILES string of the molecule is Cl.O=C(CC1c2cc(F)cc(F)c2-c2ccccc2N1S(=O)(=O)c1ccc(Cl)c(Cl)c1)NCCc1ccc(C2=NCCN2)cc1. The van der Waals surface area contributed by atoms with E-state index in [4.69, 9.17) is 23.2 Å². The number of carbonyl (C=O) groups excluding carboxylic acids is 1. The third-order valence-electron chi connectivity index (χ3n) is 7.60. The Balaban J connectivity index is 0.00000400. The van der Waals surface area contributed by atoms with E-state index in [1.165, 1.54) is 24.3 Å². The summed E-state index contributed by atoms with van der Waals surface area (Å²) in [6.45, 7) is 1.82. The van der Waals surface area contributed by atoms with Gasteiger partial charge in [-0.3, -0.25) is 14.1 Å². The van der Waals surface area contributed by atoms with Crippen LogP contribution in [-0.2, 0) is 21.2 Å². The molecule has 1 unspecified atom stereocenters. The van der Waals surface area contributed by atoms with Crippen LogP contribution in [0.1, 0.15) is 29.2 Å². The van der Waals surface area contributed by atoms with Crippen LogP contribution >= 0.6 is 35.6 Å². The van der Waals surface area contributed by atoms with E-state index in [1.54, 1.807) is 18.2 Å². The molecule has 0 saturated carbocycles. The van der Waals surface area contributed by atoms with Gasteiger partial charge >= 0.3 is 0 Å². The van der Waals surface area contributed by atoms with Crippen molar-refractivity contribution in [2.45, 2.75) is 23.8 Å². The van der Waals surface area contributed by atoms with Crippen LogP contribution in [0, 0.1) is 11.6 Å². The number of halogens is 5. The van der Waals surface area contributed by atoms with Crippen molar-refractivity contribution in [2.24, 2.45) is 4.99 Å². The Morgan fingerprint density at radius 2 is 1.76 bits per heavy atom. The van der Waals surface area contributed by atoms with E-state index in [0.29, 0.717) is 6.42 Å². The first-order valence-corrected chi connectivity index (χ1v) is 16.1. The number of rotatable bonds is 8. The van der Waals surface area contributed by atoms with Crippen molar-refractivity contribution in [2.75, 3.05) is 23.9 Å². The largest absolute Gasteiger partial charge is 0.368 e. The molecule has 0 radical (unpaired) electrons. The summed E-state index contributed by atoms with van der Waals surface area (Å²) in [7, 11) is -4.40. The molecule has 0 spiro atoms. The van der Waals surface area contributed by atoms with Crippen LogP contribution in [0.25, 0.3) is 11.1 Å². The minimum atomic E-state index is -4.40. The van der Waals surface area contributed by atoms with Crippen molar-refractivity contribution in [3.8, 4) is 11.1 Å². The van der Waals surface area contributed by atoms with Gasteiger partial charge in [0, 0.05) is 35.8 Å². The Kier molecular flexibility index (Phi) is 9.69. The number of aliphatic imine (C=N–C) groups is 1. The third-order valence-corrected chi connectivity index (χ3v) is 10.2. The highest BCUT2D eigenvalue weighted by molar-refractivity contribution is 7.92. The molecule has 0 saturated heterocycles. The van der Waals surface area contributed by atoms with E-state index >= 15 is 4.39 Å². The van der Waals surface area contributed by atoms with Crippen molar-refractivity contribution in [3.05, 3.63) is 117 Å². The van der Waals surface area contributed by atoms with Gasteiger partial charge in [0.25, 0.3) is 10.0 Å². The molecule has 7 nitrogen and oxygen atoms in total. The minimum Gasteiger partial charge on any atom is -0.368 e. The molecule has 4 aromatic carbocycles. The number of carbonyl (C=O) groups is 1. The average Bonchev–Trinajstić information content (AvgIpc) is 3.54. The van der Waals surface area contributed by atoms with Gasteiger partial charge in [-0.15, -0.1) is 12.4 Å². The van der Waals surface area contributed by atoms with E-state index in [9.17, 15) is 17.6 Å². The first-order chi connectivity index (χ1) is 21.1. The van der Waals surface area contributed by atoms with Gasteiger partial charge < -0.3 is 10.6 Å². The van der Waals surface area contributed by atoms with E-state index in [1.807, 2.05) is 24.3 Å². The molecule has 4 aromatic rings. The molecule has 0 aliphatic carbocycles. The molecule has 13 heteroatoms. The molecular formula is C32H27Cl3F2N4O3S. The maximum Gasteiger partial charge on any atom is 0.264 e. The molecule has 45 heavy (non-hydrogen) atoms. The normalized spacial score (nSPS) is 15.3. The topological polar surface area (TPSA) is 90.9 Å². The first-order valence-electron chi connectivity index (χ1n) is 13.9. The quantitative estimate of drug-likeness (QED) is 0.215. The van der Waals surface area contributed by atoms with Crippen molar-refractivity contribution < 1.29 is 22.0 Å². The highest BCUT2D eigenvalue weighted by Crippen LogP contribution is 2.49. The standard InChI is InChI=1S/C32H26Cl2F2N4O3S.ClH/c33-25-10-9-22(17-26(25)34)44(42,43)40-28-4-2-1-3-23(28)31-24(15-21(35)16-27(31)36)29(40)18-30(41)37-12-11-19-5-7-20(8-6-19)32-38-13-14-39-32;/h1-10,15-17,29H,11-14,18H2,(H,37,41)(H,38,39);1H. The highest BCUT2D eigenvalue weighted by Gasteiger charge is 2.41. The van der Waals surface area contributed by atoms with E-state index in [0.717, 1.165) is 46.5 Å². The molecule has 2 N–H and O–H groups in total. The molecule has 2 aliphatic rings. The summed E-state index contributed by atoms with van der Waals surface area (Å²) in [5.41, 5.74) is 2.45. The summed E-state index contributed by atoms with van der Waals surface area (Å²) in [6.07, 6.45) is 0.125. The summed E-state index contributed by atoms with van der Waals surface area (Å²) < 4.78 is 59.4. The number of hydrogen-bond donors (Lipinski definition) is 2. The second kappa shape index (κ2) is 13.3. The lowest BCUT2D eigenvalue weighted by atomic mass is 9.87. The van der Waals surface area contributed by atoms with Crippen LogP contribution < -0.4 is 14.9 Å². The molecule has 1 atom stereocenters. The van der Waals surface area contributed by atoms with Crippen LogP contribution in [0.4, 0.5) is 14.5 Å². The number of sulfonamides is 1. The lowest BCUT2D eigenvalue weighted by Crippen LogP contribution is -2.41. The van der Waals surface area contributed by atoms with Crippen LogP contribution in [0.2, 0.25) is 10.0 Å². The molecule has 6 rings (SSSR count). The average molecular weight is 692 g/mol. The van der Waals surface area contributed by atoms with Gasteiger partial charge in [-0.2, -0.15) is 0 Å². The molecule has 0 fully saturated rings. The summed E-state index contributed by atoms with van der Waals surface area (Å²) >= 11 is 12.2. The molecule has 234 valence electrons. The molecule has 0 bridgehead atoms.